The highest BCUT2D eigenvalue weighted by Crippen LogP contribution is 2.65. The van der Waals surface area contributed by atoms with Crippen LogP contribution in [0.25, 0.3) is 0 Å². The molecule has 1 N–H and O–H groups in total. The summed E-state index contributed by atoms with van der Waals surface area (Å²) < 4.78 is 0.961. The van der Waals surface area contributed by atoms with Crippen LogP contribution < -0.4 is 10.2 Å². The highest BCUT2D eigenvalue weighted by molar-refractivity contribution is 9.10. The summed E-state index contributed by atoms with van der Waals surface area (Å²) in [5.74, 6) is 0.551. The maximum absolute atomic E-state index is 13.4. The molecule has 3 fully saturated rings. The third kappa shape index (κ3) is 2.85. The fraction of sp³-hybridized carbons (Fsp3) is 0.346. The van der Waals surface area contributed by atoms with Gasteiger partial charge in [0, 0.05) is 15.7 Å². The Bertz CT molecular complexity index is 1170. The zero-order valence-electron chi connectivity index (χ0n) is 17.6. The Morgan fingerprint density at radius 2 is 1.72 bits per heavy atom. The van der Waals surface area contributed by atoms with Gasteiger partial charge in [0.15, 0.2) is 0 Å². The lowest BCUT2D eigenvalue weighted by Crippen LogP contribution is -2.40. The molecule has 0 aromatic heterocycles. The average molecular weight is 491 g/mol. The number of nitrogens with one attached hydrogen (secondary N) is 1. The number of halogens is 1. The number of aryl methyl sites for hydroxylation is 1. The van der Waals surface area contributed by atoms with Gasteiger partial charge in [0.05, 0.1) is 17.5 Å². The van der Waals surface area contributed by atoms with Crippen molar-refractivity contribution in [2.24, 2.45) is 35.5 Å². The summed E-state index contributed by atoms with van der Waals surface area (Å²) in [7, 11) is 0. The maximum Gasteiger partial charge on any atom is 0.255 e. The lowest BCUT2D eigenvalue weighted by atomic mass is 9.63. The number of benzene rings is 2. The second-order valence-electron chi connectivity index (χ2n) is 9.33. The third-order valence-corrected chi connectivity index (χ3v) is 8.22. The fourth-order valence-corrected chi connectivity index (χ4v) is 6.58. The molecule has 7 rings (SSSR count). The van der Waals surface area contributed by atoms with Gasteiger partial charge in [0.2, 0.25) is 11.8 Å². The molecule has 1 saturated heterocycles. The van der Waals surface area contributed by atoms with Crippen molar-refractivity contribution in [1.82, 2.24) is 0 Å². The molecule has 1 aliphatic heterocycles. The number of rotatable bonds is 4. The molecule has 3 amide bonds. The fourth-order valence-electron chi connectivity index (χ4n) is 6.17. The Balaban J connectivity index is 1.28. The molecule has 5 aliphatic rings. The van der Waals surface area contributed by atoms with Crippen molar-refractivity contribution in [1.29, 1.82) is 0 Å². The maximum atomic E-state index is 13.4. The van der Waals surface area contributed by atoms with Crippen LogP contribution in [0.1, 0.15) is 29.3 Å². The first kappa shape index (κ1) is 19.9. The molecule has 2 saturated carbocycles. The molecular formula is C26H23BrN2O3. The van der Waals surface area contributed by atoms with Crippen molar-refractivity contribution < 1.29 is 14.4 Å². The number of imide groups is 1. The van der Waals surface area contributed by atoms with Crippen molar-refractivity contribution in [2.75, 3.05) is 10.2 Å². The van der Waals surface area contributed by atoms with E-state index in [1.54, 1.807) is 24.3 Å². The van der Waals surface area contributed by atoms with Crippen LogP contribution in [0.3, 0.4) is 0 Å². The highest BCUT2D eigenvalue weighted by Gasteiger charge is 2.67. The third-order valence-electron chi connectivity index (χ3n) is 7.73. The molecule has 2 bridgehead atoms. The average Bonchev–Trinajstić information content (AvgIpc) is 3.58. The van der Waals surface area contributed by atoms with Crippen molar-refractivity contribution in [3.8, 4) is 0 Å². The number of carbonyl (C=O) groups excluding carboxylic acids is 3. The Morgan fingerprint density at radius 1 is 1.03 bits per heavy atom. The van der Waals surface area contributed by atoms with E-state index in [2.05, 4.69) is 33.4 Å². The van der Waals surface area contributed by atoms with Gasteiger partial charge in [-0.1, -0.05) is 41.1 Å². The first-order chi connectivity index (χ1) is 15.5. The van der Waals surface area contributed by atoms with Gasteiger partial charge in [-0.3, -0.25) is 14.4 Å². The minimum Gasteiger partial charge on any atom is -0.322 e. The SMILES string of the molecule is CCc1cc(Br)ccc1NC(=O)c1cccc(N2C(=O)[C@@H]3[C@H]4C=C[C@@H]([C@@H]5C[C@H]45)[C@H]3C2=O)c1. The predicted octanol–water partition coefficient (Wildman–Crippen LogP) is 4.82. The van der Waals surface area contributed by atoms with Crippen LogP contribution in [0, 0.1) is 35.5 Å². The molecule has 5 nitrogen and oxygen atoms in total. The highest BCUT2D eigenvalue weighted by atomic mass is 79.9. The molecule has 2 aromatic carbocycles. The first-order valence-corrected chi connectivity index (χ1v) is 12.0. The summed E-state index contributed by atoms with van der Waals surface area (Å²) in [6, 6.07) is 12.6. The Labute approximate surface area is 195 Å². The molecule has 162 valence electrons. The summed E-state index contributed by atoms with van der Waals surface area (Å²) in [5, 5.41) is 2.97. The Kier molecular flexibility index (Phi) is 4.44. The van der Waals surface area contributed by atoms with E-state index in [0.717, 1.165) is 28.6 Å². The van der Waals surface area contributed by atoms with Crippen molar-refractivity contribution in [3.63, 3.8) is 0 Å². The number of hydrogen-bond donors (Lipinski definition) is 1. The summed E-state index contributed by atoms with van der Waals surface area (Å²) in [4.78, 5) is 41.0. The smallest absolute Gasteiger partial charge is 0.255 e. The van der Waals surface area contributed by atoms with E-state index in [1.807, 2.05) is 25.1 Å². The van der Waals surface area contributed by atoms with Crippen molar-refractivity contribution in [2.45, 2.75) is 19.8 Å². The molecule has 0 unspecified atom stereocenters. The number of nitrogens with zero attached hydrogens (tertiary/aromatic N) is 1. The van der Waals surface area contributed by atoms with Gasteiger partial charge in [0.25, 0.3) is 5.91 Å². The topological polar surface area (TPSA) is 66.5 Å². The van der Waals surface area contributed by atoms with E-state index in [1.165, 1.54) is 4.90 Å². The second kappa shape index (κ2) is 7.14. The zero-order chi connectivity index (χ0) is 22.1. The normalized spacial score (nSPS) is 31.5. The molecule has 2 aromatic rings. The minimum atomic E-state index is -0.261. The van der Waals surface area contributed by atoms with E-state index in [-0.39, 0.29) is 41.4 Å². The molecule has 0 radical (unpaired) electrons. The van der Waals surface area contributed by atoms with Gasteiger partial charge >= 0.3 is 0 Å². The van der Waals surface area contributed by atoms with Crippen LogP contribution in [0.4, 0.5) is 11.4 Å². The summed E-state index contributed by atoms with van der Waals surface area (Å²) in [6.07, 6.45) is 6.26. The molecule has 4 aliphatic carbocycles. The van der Waals surface area contributed by atoms with Crippen LogP contribution in [0.2, 0.25) is 0 Å². The van der Waals surface area contributed by atoms with E-state index in [4.69, 9.17) is 0 Å². The van der Waals surface area contributed by atoms with Crippen LogP contribution in [-0.4, -0.2) is 17.7 Å². The Hall–Kier alpha value is -2.73. The molecule has 6 atom stereocenters. The van der Waals surface area contributed by atoms with Crippen LogP contribution in [-0.2, 0) is 16.0 Å². The van der Waals surface area contributed by atoms with Gasteiger partial charge in [-0.25, -0.2) is 4.90 Å². The number of amides is 3. The second-order valence-corrected chi connectivity index (χ2v) is 10.2. The van der Waals surface area contributed by atoms with Crippen molar-refractivity contribution in [3.05, 3.63) is 70.2 Å². The van der Waals surface area contributed by atoms with Crippen molar-refractivity contribution >= 4 is 45.0 Å². The summed E-state index contributed by atoms with van der Waals surface area (Å²) in [6.45, 7) is 2.04. The van der Waals surface area contributed by atoms with E-state index >= 15 is 0 Å². The number of anilines is 2. The van der Waals surface area contributed by atoms with E-state index < -0.39 is 0 Å². The lowest BCUT2D eigenvalue weighted by Gasteiger charge is -2.37. The number of allylic oxidation sites excluding steroid dienone is 2. The predicted molar refractivity (Wildman–Crippen MR) is 125 cm³/mol. The molecule has 0 spiro atoms. The van der Waals surface area contributed by atoms with E-state index in [0.29, 0.717) is 23.1 Å². The van der Waals surface area contributed by atoms with Crippen LogP contribution >= 0.6 is 15.9 Å². The first-order valence-electron chi connectivity index (χ1n) is 11.2. The van der Waals surface area contributed by atoms with Gasteiger partial charge in [-0.15, -0.1) is 0 Å². The molecule has 32 heavy (non-hydrogen) atoms. The summed E-state index contributed by atoms with van der Waals surface area (Å²) in [5.41, 5.74) is 2.69. The summed E-state index contributed by atoms with van der Waals surface area (Å²) >= 11 is 3.47. The number of carbonyl (C=O) groups is 3. The Morgan fingerprint density at radius 3 is 2.38 bits per heavy atom. The zero-order valence-corrected chi connectivity index (χ0v) is 19.2. The monoisotopic (exact) mass is 490 g/mol. The van der Waals surface area contributed by atoms with Crippen LogP contribution in [0.15, 0.2) is 59.1 Å². The van der Waals surface area contributed by atoms with Gasteiger partial charge in [-0.05, 0) is 78.5 Å². The van der Waals surface area contributed by atoms with Gasteiger partial charge in [0.1, 0.15) is 0 Å². The number of hydrogen-bond acceptors (Lipinski definition) is 3. The largest absolute Gasteiger partial charge is 0.322 e. The lowest BCUT2D eigenvalue weighted by molar-refractivity contribution is -0.124. The minimum absolute atomic E-state index is 0.108. The van der Waals surface area contributed by atoms with E-state index in [9.17, 15) is 14.4 Å². The van der Waals surface area contributed by atoms with Gasteiger partial charge in [-0.2, -0.15) is 0 Å². The van der Waals surface area contributed by atoms with Crippen LogP contribution in [0.5, 0.6) is 0 Å². The molecule has 1 heterocycles. The molecule has 6 heteroatoms. The molecular weight excluding hydrogens is 468 g/mol. The standard InChI is InChI=1S/C26H23BrN2O3/c1-2-13-10-15(27)6-9-21(13)28-24(30)14-4-3-5-16(11-14)29-25(31)22-17-7-8-18(20-12-19(17)20)23(22)26(29)32/h3-11,17-20,22-23H,2,12H2,1H3,(H,28,30)/t17-,18-,19-,20+,22+,23+/m0/s1. The van der Waals surface area contributed by atoms with Gasteiger partial charge < -0.3 is 5.32 Å². The quantitative estimate of drug-likeness (QED) is 0.493.